The molecule has 2 amide bonds. The minimum Gasteiger partial charge on any atom is -0.508 e. The van der Waals surface area contributed by atoms with Gasteiger partial charge in [-0.25, -0.2) is 0 Å². The van der Waals surface area contributed by atoms with E-state index in [1.807, 2.05) is 13.8 Å². The number of rotatable bonds is 10. The molecular weight excluding hydrogens is 396 g/mol. The molecule has 0 fully saturated rings. The van der Waals surface area contributed by atoms with Gasteiger partial charge >= 0.3 is 0 Å². The van der Waals surface area contributed by atoms with E-state index in [0.29, 0.717) is 24.3 Å². The van der Waals surface area contributed by atoms with E-state index in [0.717, 1.165) is 30.4 Å². The van der Waals surface area contributed by atoms with Crippen molar-refractivity contribution in [1.82, 2.24) is 10.6 Å². The highest BCUT2D eigenvalue weighted by Gasteiger charge is 2.11. The first-order chi connectivity index (χ1) is 14.8. The van der Waals surface area contributed by atoms with Crippen LogP contribution in [0, 0.1) is 0 Å². The number of methoxy groups -OCH3 is 1. The van der Waals surface area contributed by atoms with Crippen LogP contribution in [0.3, 0.4) is 0 Å². The zero-order chi connectivity index (χ0) is 23.2. The maximum Gasteiger partial charge on any atom is 0.251 e. The first-order valence-corrected chi connectivity index (χ1v) is 10.1. The monoisotopic (exact) mass is 428 g/mol. The highest BCUT2D eigenvalue weighted by molar-refractivity contribution is 5.94. The van der Waals surface area contributed by atoms with Crippen molar-refractivity contribution in [3.8, 4) is 17.2 Å². The van der Waals surface area contributed by atoms with Crippen molar-refractivity contribution in [2.24, 2.45) is 0 Å². The zero-order valence-electron chi connectivity index (χ0n) is 18.4. The van der Waals surface area contributed by atoms with Crippen molar-refractivity contribution in [1.29, 1.82) is 0 Å². The summed E-state index contributed by atoms with van der Waals surface area (Å²) in [6, 6.07) is 11.3. The van der Waals surface area contributed by atoms with Crippen LogP contribution in [0.2, 0.25) is 0 Å². The fourth-order valence-electron chi connectivity index (χ4n) is 2.68. The Balaban J connectivity index is 0.000000399. The van der Waals surface area contributed by atoms with Crippen LogP contribution in [0.15, 0.2) is 54.6 Å². The second-order valence-corrected chi connectivity index (χ2v) is 7.08. The number of phenols is 2. The van der Waals surface area contributed by atoms with Crippen LogP contribution in [0.25, 0.3) is 0 Å². The molecule has 0 unspecified atom stereocenters. The second kappa shape index (κ2) is 13.7. The molecule has 0 aliphatic heterocycles. The molecule has 0 radical (unpaired) electrons. The number of allylic oxidation sites excluding steroid dienone is 1. The van der Waals surface area contributed by atoms with Crippen LogP contribution in [0.4, 0.5) is 0 Å². The van der Waals surface area contributed by atoms with Crippen molar-refractivity contribution in [2.45, 2.75) is 39.2 Å². The topological polar surface area (TPSA) is 108 Å². The number of aromatic hydroxyl groups is 2. The predicted octanol–water partition coefficient (Wildman–Crippen LogP) is 3.56. The number of nitrogens with one attached hydrogen (secondary N) is 2. The van der Waals surface area contributed by atoms with Gasteiger partial charge in [-0.15, -0.1) is 6.58 Å². The maximum absolute atomic E-state index is 12.0. The molecule has 0 heterocycles. The van der Waals surface area contributed by atoms with Crippen molar-refractivity contribution in [3.05, 3.63) is 65.7 Å². The van der Waals surface area contributed by atoms with Crippen molar-refractivity contribution >= 4 is 12.3 Å². The summed E-state index contributed by atoms with van der Waals surface area (Å²) in [5.41, 5.74) is 2.38. The summed E-state index contributed by atoms with van der Waals surface area (Å²) in [6.45, 7) is 8.08. The average molecular weight is 429 g/mol. The van der Waals surface area contributed by atoms with Gasteiger partial charge < -0.3 is 25.6 Å². The number of phenolic OH excluding ortho intramolecular Hbond substituents is 2. The van der Waals surface area contributed by atoms with Gasteiger partial charge in [-0.05, 0) is 74.2 Å². The standard InChI is InChI=1S/C16H22N2O3.C8H10O2/c1-12(2)4-7-14(18-11-19)10-17-16(20)13-5-8-15(21-3)9-6-13;1-2-6-5-7(9)3-4-8(6)10/h5-6,8-9,11,14H,1,4,7,10H2,2-3H3,(H,17,20)(H,18,19);3-5,9-10H,2H2,1H3/t14-;/m0./s1. The lowest BCUT2D eigenvalue weighted by molar-refractivity contribution is -0.110. The summed E-state index contributed by atoms with van der Waals surface area (Å²) in [7, 11) is 1.58. The van der Waals surface area contributed by atoms with Crippen LogP contribution in [0.1, 0.15) is 42.6 Å². The number of carbonyl (C=O) groups is 2. The van der Waals surface area contributed by atoms with E-state index in [1.54, 1.807) is 37.4 Å². The van der Waals surface area contributed by atoms with Gasteiger partial charge in [0, 0.05) is 18.2 Å². The van der Waals surface area contributed by atoms with Crippen LogP contribution < -0.4 is 15.4 Å². The Kier molecular flexibility index (Phi) is 11.3. The highest BCUT2D eigenvalue weighted by Crippen LogP contribution is 2.21. The molecule has 4 N–H and O–H groups in total. The molecule has 0 aromatic heterocycles. The van der Waals surface area contributed by atoms with Crippen LogP contribution in [-0.4, -0.2) is 42.2 Å². The molecule has 1 atom stereocenters. The van der Waals surface area contributed by atoms with E-state index in [1.165, 1.54) is 12.1 Å². The molecule has 2 rings (SSSR count). The third-order valence-corrected chi connectivity index (χ3v) is 4.53. The minimum absolute atomic E-state index is 0.0959. The fourth-order valence-corrected chi connectivity index (χ4v) is 2.68. The predicted molar refractivity (Wildman–Crippen MR) is 122 cm³/mol. The normalized spacial score (nSPS) is 10.8. The summed E-state index contributed by atoms with van der Waals surface area (Å²) in [4.78, 5) is 22.6. The van der Waals surface area contributed by atoms with Gasteiger partial charge in [0.2, 0.25) is 6.41 Å². The number of ether oxygens (including phenoxy) is 1. The van der Waals surface area contributed by atoms with Gasteiger partial charge in [0.25, 0.3) is 5.91 Å². The second-order valence-electron chi connectivity index (χ2n) is 7.08. The largest absolute Gasteiger partial charge is 0.508 e. The number of hydrogen-bond donors (Lipinski definition) is 4. The average Bonchev–Trinajstić information content (AvgIpc) is 2.77. The molecular formula is C24H32N2O5. The Bertz CT molecular complexity index is 850. The Morgan fingerprint density at radius 1 is 1.19 bits per heavy atom. The first kappa shape index (κ1) is 25.6. The zero-order valence-corrected chi connectivity index (χ0v) is 18.4. The maximum atomic E-state index is 12.0. The SMILES string of the molecule is C=C(C)CC[C@@H](CNC(=O)c1ccc(OC)cc1)NC=O.CCc1cc(O)ccc1O. The van der Waals surface area contributed by atoms with Crippen molar-refractivity contribution < 1.29 is 24.5 Å². The summed E-state index contributed by atoms with van der Waals surface area (Å²) in [5.74, 6) is 0.981. The molecule has 0 saturated heterocycles. The van der Waals surface area contributed by atoms with E-state index < -0.39 is 0 Å². The Hall–Kier alpha value is -3.48. The smallest absolute Gasteiger partial charge is 0.251 e. The third-order valence-electron chi connectivity index (χ3n) is 4.53. The molecule has 7 nitrogen and oxygen atoms in total. The summed E-state index contributed by atoms with van der Waals surface area (Å²) in [5, 5.41) is 23.6. The molecule has 0 saturated carbocycles. The molecule has 168 valence electrons. The highest BCUT2D eigenvalue weighted by atomic mass is 16.5. The number of carbonyl (C=O) groups excluding carboxylic acids is 2. The quantitative estimate of drug-likeness (QED) is 0.263. The molecule has 0 aliphatic carbocycles. The first-order valence-electron chi connectivity index (χ1n) is 10.1. The molecule has 0 bridgehead atoms. The van der Waals surface area contributed by atoms with Crippen LogP contribution in [-0.2, 0) is 11.2 Å². The molecule has 0 spiro atoms. The van der Waals surface area contributed by atoms with E-state index >= 15 is 0 Å². The van der Waals surface area contributed by atoms with E-state index in [2.05, 4.69) is 17.2 Å². The minimum atomic E-state index is -0.175. The molecule has 7 heteroatoms. The molecule has 2 aromatic rings. The van der Waals surface area contributed by atoms with Gasteiger partial charge in [-0.2, -0.15) is 0 Å². The van der Waals surface area contributed by atoms with Crippen LogP contribution in [0.5, 0.6) is 17.2 Å². The van der Waals surface area contributed by atoms with Crippen molar-refractivity contribution in [2.75, 3.05) is 13.7 Å². The number of amides is 2. The van der Waals surface area contributed by atoms with Crippen LogP contribution >= 0.6 is 0 Å². The molecule has 0 aliphatic rings. The number of benzene rings is 2. The molecule has 31 heavy (non-hydrogen) atoms. The fraction of sp³-hybridized carbons (Fsp3) is 0.333. The molecule has 2 aromatic carbocycles. The van der Waals surface area contributed by atoms with Gasteiger partial charge in [-0.3, -0.25) is 9.59 Å². The Morgan fingerprint density at radius 3 is 2.39 bits per heavy atom. The lowest BCUT2D eigenvalue weighted by Gasteiger charge is -2.17. The summed E-state index contributed by atoms with van der Waals surface area (Å²) < 4.78 is 5.04. The Morgan fingerprint density at radius 2 is 1.87 bits per heavy atom. The third kappa shape index (κ3) is 9.71. The van der Waals surface area contributed by atoms with Crippen molar-refractivity contribution in [3.63, 3.8) is 0 Å². The Labute approximate surface area is 183 Å². The van der Waals surface area contributed by atoms with Gasteiger partial charge in [0.05, 0.1) is 7.11 Å². The van der Waals surface area contributed by atoms with E-state index in [9.17, 15) is 9.59 Å². The van der Waals surface area contributed by atoms with Gasteiger partial charge in [0.15, 0.2) is 0 Å². The summed E-state index contributed by atoms with van der Waals surface area (Å²) >= 11 is 0. The lowest BCUT2D eigenvalue weighted by atomic mass is 10.1. The van der Waals surface area contributed by atoms with E-state index in [4.69, 9.17) is 14.9 Å². The number of aryl methyl sites for hydroxylation is 1. The van der Waals surface area contributed by atoms with E-state index in [-0.39, 0.29) is 23.4 Å². The van der Waals surface area contributed by atoms with Gasteiger partial charge in [-0.1, -0.05) is 12.5 Å². The lowest BCUT2D eigenvalue weighted by Crippen LogP contribution is -2.40. The van der Waals surface area contributed by atoms with Gasteiger partial charge in [0.1, 0.15) is 17.2 Å². The number of hydrogen-bond acceptors (Lipinski definition) is 5. The summed E-state index contributed by atoms with van der Waals surface area (Å²) in [6.07, 6.45) is 2.95.